The number of allylic oxidation sites excluding steroid dienone is 18. The van der Waals surface area contributed by atoms with E-state index < -0.39 is 6.10 Å². The molecular formula is C71H120O6. The highest BCUT2D eigenvalue weighted by molar-refractivity contribution is 5.71. The average molecular weight is 1070 g/mol. The van der Waals surface area contributed by atoms with Crippen LogP contribution in [0.3, 0.4) is 0 Å². The Morgan fingerprint density at radius 3 is 0.805 bits per heavy atom. The van der Waals surface area contributed by atoms with Crippen LogP contribution < -0.4 is 0 Å². The Labute approximate surface area is 476 Å². The number of esters is 3. The van der Waals surface area contributed by atoms with Crippen LogP contribution in [0.1, 0.15) is 303 Å². The van der Waals surface area contributed by atoms with Gasteiger partial charge in [-0.25, -0.2) is 0 Å². The van der Waals surface area contributed by atoms with Crippen LogP contribution in [-0.4, -0.2) is 37.2 Å². The molecule has 0 N–H and O–H groups in total. The first-order chi connectivity index (χ1) is 38.0. The van der Waals surface area contributed by atoms with E-state index in [4.69, 9.17) is 14.2 Å². The Morgan fingerprint density at radius 1 is 0.273 bits per heavy atom. The zero-order chi connectivity index (χ0) is 55.7. The summed E-state index contributed by atoms with van der Waals surface area (Å²) in [5, 5.41) is 0. The molecule has 0 radical (unpaired) electrons. The van der Waals surface area contributed by atoms with E-state index in [0.717, 1.165) is 122 Å². The molecule has 6 nitrogen and oxygen atoms in total. The number of ether oxygens (including phenoxy) is 3. The highest BCUT2D eigenvalue weighted by atomic mass is 16.6. The predicted molar refractivity (Wildman–Crippen MR) is 334 cm³/mol. The monoisotopic (exact) mass is 1070 g/mol. The van der Waals surface area contributed by atoms with E-state index in [-0.39, 0.29) is 31.1 Å². The lowest BCUT2D eigenvalue weighted by Crippen LogP contribution is -2.30. The predicted octanol–water partition coefficient (Wildman–Crippen LogP) is 22.2. The van der Waals surface area contributed by atoms with Crippen LogP contribution in [0.5, 0.6) is 0 Å². The summed E-state index contributed by atoms with van der Waals surface area (Å²) in [4.78, 5) is 38.3. The molecular weight excluding hydrogens is 949 g/mol. The van der Waals surface area contributed by atoms with Gasteiger partial charge in [-0.15, -0.1) is 0 Å². The van der Waals surface area contributed by atoms with Crippen LogP contribution in [0.4, 0.5) is 0 Å². The van der Waals surface area contributed by atoms with E-state index in [0.29, 0.717) is 19.3 Å². The van der Waals surface area contributed by atoms with Gasteiger partial charge in [0.15, 0.2) is 6.10 Å². The maximum atomic E-state index is 12.9. The maximum Gasteiger partial charge on any atom is 0.306 e. The molecule has 0 aromatic rings. The first kappa shape index (κ1) is 73.1. The van der Waals surface area contributed by atoms with Gasteiger partial charge in [0.25, 0.3) is 0 Å². The van der Waals surface area contributed by atoms with Crippen molar-refractivity contribution in [3.63, 3.8) is 0 Å². The van der Waals surface area contributed by atoms with Crippen molar-refractivity contribution in [2.45, 2.75) is 309 Å². The van der Waals surface area contributed by atoms with Crippen LogP contribution in [0.2, 0.25) is 0 Å². The van der Waals surface area contributed by atoms with Crippen molar-refractivity contribution in [3.05, 3.63) is 109 Å². The highest BCUT2D eigenvalue weighted by Crippen LogP contribution is 2.16. The van der Waals surface area contributed by atoms with Gasteiger partial charge in [0, 0.05) is 19.3 Å². The molecule has 0 aromatic heterocycles. The number of hydrogen-bond donors (Lipinski definition) is 0. The van der Waals surface area contributed by atoms with Gasteiger partial charge in [0.05, 0.1) is 0 Å². The quantitative estimate of drug-likeness (QED) is 0.0261. The fourth-order valence-corrected chi connectivity index (χ4v) is 8.94. The molecule has 0 aliphatic rings. The second-order valence-corrected chi connectivity index (χ2v) is 21.3. The first-order valence-corrected chi connectivity index (χ1v) is 32.4. The van der Waals surface area contributed by atoms with Gasteiger partial charge in [0.1, 0.15) is 13.2 Å². The lowest BCUT2D eigenvalue weighted by Gasteiger charge is -2.18. The summed E-state index contributed by atoms with van der Waals surface area (Å²) in [7, 11) is 0. The Bertz CT molecular complexity index is 1560. The summed E-state index contributed by atoms with van der Waals surface area (Å²) in [6.07, 6.45) is 88.2. The molecule has 77 heavy (non-hydrogen) atoms. The number of rotatable bonds is 58. The van der Waals surface area contributed by atoms with Crippen molar-refractivity contribution in [3.8, 4) is 0 Å². The zero-order valence-electron chi connectivity index (χ0n) is 50.4. The SMILES string of the molecule is CC/C=C\C/C=C\C/C=C\C/C=C\CCCCCCCCCCCCCCCCC(=O)OCC(COC(=O)CCCCCCC/C=C\CCCC)OC(=O)CCCCCCCCCC/C=C\C/C=C\C/C=C\C/C=C\CC. The van der Waals surface area contributed by atoms with Gasteiger partial charge in [-0.2, -0.15) is 0 Å². The van der Waals surface area contributed by atoms with Gasteiger partial charge in [0.2, 0.25) is 0 Å². The minimum Gasteiger partial charge on any atom is -0.462 e. The average Bonchev–Trinajstić information content (AvgIpc) is 3.43. The first-order valence-electron chi connectivity index (χ1n) is 32.4. The van der Waals surface area contributed by atoms with Crippen molar-refractivity contribution in [2.24, 2.45) is 0 Å². The number of carbonyl (C=O) groups is 3. The Morgan fingerprint density at radius 2 is 0.506 bits per heavy atom. The van der Waals surface area contributed by atoms with Gasteiger partial charge in [-0.3, -0.25) is 14.4 Å². The van der Waals surface area contributed by atoms with Crippen molar-refractivity contribution >= 4 is 17.9 Å². The third-order valence-corrected chi connectivity index (χ3v) is 13.7. The molecule has 0 bridgehead atoms. The van der Waals surface area contributed by atoms with Crippen molar-refractivity contribution in [1.29, 1.82) is 0 Å². The van der Waals surface area contributed by atoms with E-state index in [1.165, 1.54) is 141 Å². The third-order valence-electron chi connectivity index (χ3n) is 13.7. The van der Waals surface area contributed by atoms with Crippen molar-refractivity contribution in [1.82, 2.24) is 0 Å². The standard InChI is InChI=1S/C71H120O6/c1-4-7-10-13-16-19-22-24-26-28-30-32-33-34-35-36-37-39-40-42-44-46-49-52-55-58-61-64-70(73)76-67-68(66-75-69(72)63-60-57-54-51-48-21-18-15-12-9-6-3)77-71(74)65-62-59-56-53-50-47-45-43-41-38-31-29-27-25-23-20-17-14-11-8-5-2/h7-8,10-11,15-20,24-27,30-32,38,68H,4-6,9,12-14,21-23,28-29,33-37,39-67H2,1-3H3/b10-7-,11-8-,18-15-,19-16-,20-17-,26-24-,27-25-,32-30-,38-31-. The molecule has 0 heterocycles. The molecule has 0 spiro atoms. The normalized spacial score (nSPS) is 12.8. The number of unbranched alkanes of at least 4 members (excludes halogenated alkanes) is 29. The summed E-state index contributed by atoms with van der Waals surface area (Å²) >= 11 is 0. The molecule has 0 amide bonds. The van der Waals surface area contributed by atoms with Crippen molar-refractivity contribution < 1.29 is 28.6 Å². The van der Waals surface area contributed by atoms with E-state index >= 15 is 0 Å². The summed E-state index contributed by atoms with van der Waals surface area (Å²) in [5.41, 5.74) is 0. The van der Waals surface area contributed by atoms with Crippen molar-refractivity contribution in [2.75, 3.05) is 13.2 Å². The molecule has 0 saturated carbocycles. The van der Waals surface area contributed by atoms with Gasteiger partial charge < -0.3 is 14.2 Å². The Balaban J connectivity index is 4.26. The molecule has 0 aliphatic heterocycles. The lowest BCUT2D eigenvalue weighted by atomic mass is 10.0. The van der Waals surface area contributed by atoms with E-state index in [1.807, 2.05) is 0 Å². The maximum absolute atomic E-state index is 12.9. The molecule has 0 rings (SSSR count). The zero-order valence-corrected chi connectivity index (χ0v) is 50.4. The van der Waals surface area contributed by atoms with E-state index in [2.05, 4.69) is 130 Å². The fourth-order valence-electron chi connectivity index (χ4n) is 8.94. The Kier molecular flexibility index (Phi) is 61.3. The minimum atomic E-state index is -0.787. The van der Waals surface area contributed by atoms with Gasteiger partial charge >= 0.3 is 17.9 Å². The van der Waals surface area contributed by atoms with E-state index in [9.17, 15) is 14.4 Å². The largest absolute Gasteiger partial charge is 0.462 e. The summed E-state index contributed by atoms with van der Waals surface area (Å²) in [5.74, 6) is -0.895. The second kappa shape index (κ2) is 64.6. The van der Waals surface area contributed by atoms with Crippen LogP contribution >= 0.6 is 0 Å². The smallest absolute Gasteiger partial charge is 0.306 e. The molecule has 0 aliphatic carbocycles. The van der Waals surface area contributed by atoms with Crippen LogP contribution in [-0.2, 0) is 28.6 Å². The second-order valence-electron chi connectivity index (χ2n) is 21.3. The number of hydrogen-bond acceptors (Lipinski definition) is 6. The molecule has 440 valence electrons. The lowest BCUT2D eigenvalue weighted by molar-refractivity contribution is -0.167. The van der Waals surface area contributed by atoms with Crippen LogP contribution in [0.15, 0.2) is 109 Å². The summed E-state index contributed by atoms with van der Waals surface area (Å²) in [6, 6.07) is 0. The topological polar surface area (TPSA) is 78.9 Å². The fraction of sp³-hybridized carbons (Fsp3) is 0.704. The molecule has 0 saturated heterocycles. The third kappa shape index (κ3) is 62.8. The Hall–Kier alpha value is -3.93. The van der Waals surface area contributed by atoms with Crippen LogP contribution in [0, 0.1) is 0 Å². The van der Waals surface area contributed by atoms with Gasteiger partial charge in [-0.1, -0.05) is 278 Å². The van der Waals surface area contributed by atoms with Gasteiger partial charge in [-0.05, 0) is 116 Å². The minimum absolute atomic E-state index is 0.0836. The molecule has 0 aromatic carbocycles. The van der Waals surface area contributed by atoms with Crippen LogP contribution in [0.25, 0.3) is 0 Å². The summed E-state index contributed by atoms with van der Waals surface area (Å²) < 4.78 is 16.9. The number of carbonyl (C=O) groups excluding carboxylic acids is 3. The molecule has 0 fully saturated rings. The van der Waals surface area contributed by atoms with E-state index in [1.54, 1.807) is 0 Å². The highest BCUT2D eigenvalue weighted by Gasteiger charge is 2.19. The summed E-state index contributed by atoms with van der Waals surface area (Å²) in [6.45, 7) is 6.38. The molecule has 1 atom stereocenters. The molecule has 6 heteroatoms. The molecule has 1 unspecified atom stereocenters.